The Hall–Kier alpha value is 0.0900. The van der Waals surface area contributed by atoms with Crippen LogP contribution in [0, 0.1) is 6.92 Å². The van der Waals surface area contributed by atoms with Gasteiger partial charge in [-0.15, -0.1) is 0 Å². The summed E-state index contributed by atoms with van der Waals surface area (Å²) in [6, 6.07) is 0. The van der Waals surface area contributed by atoms with Crippen LogP contribution in [0.1, 0.15) is 25.7 Å². The molecule has 0 saturated carbocycles. The van der Waals surface area contributed by atoms with Gasteiger partial charge >= 0.3 is 0 Å². The van der Waals surface area contributed by atoms with E-state index in [4.69, 9.17) is 0 Å². The highest BCUT2D eigenvalue weighted by atomic mass is 32.2. The summed E-state index contributed by atoms with van der Waals surface area (Å²) in [5.74, 6) is 1.16. The third-order valence-corrected chi connectivity index (χ3v) is 1.83. The van der Waals surface area contributed by atoms with E-state index in [0.717, 1.165) is 12.2 Å². The summed E-state index contributed by atoms with van der Waals surface area (Å²) in [6.07, 6.45) is 11.5. The molecule has 0 aromatic carbocycles. The maximum Gasteiger partial charge on any atom is 0.0110 e. The van der Waals surface area contributed by atoms with Crippen LogP contribution >= 0.6 is 11.8 Å². The van der Waals surface area contributed by atoms with Crippen molar-refractivity contribution in [1.82, 2.24) is 0 Å². The van der Waals surface area contributed by atoms with E-state index in [1.807, 2.05) is 11.8 Å². The van der Waals surface area contributed by atoms with Gasteiger partial charge < -0.3 is 0 Å². The van der Waals surface area contributed by atoms with Gasteiger partial charge in [-0.05, 0) is 19.1 Å². The fourth-order valence-corrected chi connectivity index (χ4v) is 1.05. The van der Waals surface area contributed by atoms with E-state index >= 15 is 0 Å². The molecule has 0 bridgehead atoms. The lowest BCUT2D eigenvalue weighted by atomic mass is 10.2. The Balaban J connectivity index is 2.88. The van der Waals surface area contributed by atoms with E-state index in [2.05, 4.69) is 25.3 Å². The minimum atomic E-state index is 1.08. The van der Waals surface area contributed by atoms with E-state index in [9.17, 15) is 0 Å². The average Bonchev–Trinajstić information content (AvgIpc) is 1.97. The molecule has 0 aliphatic rings. The van der Waals surface area contributed by atoms with Crippen molar-refractivity contribution in [3.8, 4) is 0 Å². The summed E-state index contributed by atoms with van der Waals surface area (Å²) in [6.45, 7) is 3.79. The van der Waals surface area contributed by atoms with Crippen LogP contribution in [0.25, 0.3) is 0 Å². The van der Waals surface area contributed by atoms with E-state index in [1.54, 1.807) is 0 Å². The van der Waals surface area contributed by atoms with Crippen molar-refractivity contribution in [2.75, 3.05) is 12.0 Å². The first-order valence-electron chi connectivity index (χ1n) is 3.85. The summed E-state index contributed by atoms with van der Waals surface area (Å²) in [4.78, 5) is 0. The van der Waals surface area contributed by atoms with Gasteiger partial charge in [0, 0.05) is 5.75 Å². The Bertz CT molecular complexity index is 76.8. The highest BCUT2D eigenvalue weighted by Crippen LogP contribution is 2.00. The second kappa shape index (κ2) is 9.09. The van der Waals surface area contributed by atoms with Crippen molar-refractivity contribution < 1.29 is 0 Å². The third kappa shape index (κ3) is 8.09. The second-order valence-corrected chi connectivity index (χ2v) is 3.19. The number of rotatable bonds is 6. The molecule has 0 aromatic rings. The van der Waals surface area contributed by atoms with Crippen LogP contribution in [-0.4, -0.2) is 12.0 Å². The van der Waals surface area contributed by atoms with E-state index in [-0.39, 0.29) is 0 Å². The number of hydrogen-bond acceptors (Lipinski definition) is 1. The summed E-state index contributed by atoms with van der Waals surface area (Å²) >= 11 is 1.87. The summed E-state index contributed by atoms with van der Waals surface area (Å²) in [5.41, 5.74) is 0. The van der Waals surface area contributed by atoms with Crippen molar-refractivity contribution in [3.05, 3.63) is 19.1 Å². The van der Waals surface area contributed by atoms with Gasteiger partial charge in [0.15, 0.2) is 0 Å². The molecule has 0 amide bonds. The lowest BCUT2D eigenvalue weighted by Crippen LogP contribution is -1.72. The quantitative estimate of drug-likeness (QED) is 0.421. The van der Waals surface area contributed by atoms with Crippen LogP contribution in [0.4, 0.5) is 0 Å². The average molecular weight is 157 g/mol. The highest BCUT2D eigenvalue weighted by molar-refractivity contribution is 7.98. The molecule has 0 saturated heterocycles. The zero-order valence-corrected chi connectivity index (χ0v) is 7.62. The smallest absolute Gasteiger partial charge is 0.0110 e. The largest absolute Gasteiger partial charge is 0.161 e. The zero-order valence-electron chi connectivity index (χ0n) is 6.81. The molecule has 1 radical (unpaired) electrons. The molecule has 0 aromatic heterocycles. The molecular formula is C9H17S. The Kier molecular flexibility index (Phi) is 9.17. The molecule has 0 rings (SSSR count). The Morgan fingerprint density at radius 2 is 2.10 bits per heavy atom. The minimum Gasteiger partial charge on any atom is -0.161 e. The van der Waals surface area contributed by atoms with Crippen molar-refractivity contribution >= 4 is 11.8 Å². The van der Waals surface area contributed by atoms with Crippen LogP contribution in [0.2, 0.25) is 0 Å². The SMILES string of the molecule is [CH2]CCCC/C=C/CSC. The van der Waals surface area contributed by atoms with Crippen molar-refractivity contribution in [2.45, 2.75) is 25.7 Å². The predicted molar refractivity (Wildman–Crippen MR) is 51.3 cm³/mol. The Morgan fingerprint density at radius 3 is 2.70 bits per heavy atom. The standard InChI is InChI=1S/C9H17S/c1-3-4-5-6-7-8-9-10-2/h7-8H,1,3-6,9H2,2H3/b8-7+. The van der Waals surface area contributed by atoms with Gasteiger partial charge in [0.25, 0.3) is 0 Å². The van der Waals surface area contributed by atoms with Crippen LogP contribution in [0.3, 0.4) is 0 Å². The molecule has 10 heavy (non-hydrogen) atoms. The highest BCUT2D eigenvalue weighted by Gasteiger charge is 1.80. The number of unbranched alkanes of at least 4 members (excludes halogenated alkanes) is 3. The molecule has 0 atom stereocenters. The molecule has 0 aliphatic carbocycles. The molecular weight excluding hydrogens is 140 g/mol. The number of allylic oxidation sites excluding steroid dienone is 1. The third-order valence-electron chi connectivity index (χ3n) is 1.30. The fourth-order valence-electron chi connectivity index (χ4n) is 0.721. The first-order chi connectivity index (χ1) is 4.91. The molecule has 1 heteroatoms. The molecule has 0 N–H and O–H groups in total. The molecule has 0 fully saturated rings. The second-order valence-electron chi connectivity index (χ2n) is 2.28. The monoisotopic (exact) mass is 157 g/mol. The van der Waals surface area contributed by atoms with Gasteiger partial charge in [0.2, 0.25) is 0 Å². The van der Waals surface area contributed by atoms with Crippen LogP contribution in [0.15, 0.2) is 12.2 Å². The molecule has 0 nitrogen and oxygen atoms in total. The van der Waals surface area contributed by atoms with Gasteiger partial charge in [-0.25, -0.2) is 0 Å². The van der Waals surface area contributed by atoms with Crippen molar-refractivity contribution in [1.29, 1.82) is 0 Å². The van der Waals surface area contributed by atoms with Crippen molar-refractivity contribution in [3.63, 3.8) is 0 Å². The van der Waals surface area contributed by atoms with E-state index in [0.29, 0.717) is 0 Å². The summed E-state index contributed by atoms with van der Waals surface area (Å²) < 4.78 is 0. The van der Waals surface area contributed by atoms with Gasteiger partial charge in [-0.3, -0.25) is 0 Å². The van der Waals surface area contributed by atoms with Crippen LogP contribution < -0.4 is 0 Å². The van der Waals surface area contributed by atoms with E-state index < -0.39 is 0 Å². The molecule has 0 spiro atoms. The maximum atomic E-state index is 3.79. The van der Waals surface area contributed by atoms with Gasteiger partial charge in [0.1, 0.15) is 0 Å². The van der Waals surface area contributed by atoms with E-state index in [1.165, 1.54) is 19.3 Å². The van der Waals surface area contributed by atoms with Gasteiger partial charge in [-0.1, -0.05) is 31.9 Å². The lowest BCUT2D eigenvalue weighted by molar-refractivity contribution is 0.760. The molecule has 0 aliphatic heterocycles. The lowest BCUT2D eigenvalue weighted by Gasteiger charge is -1.90. The van der Waals surface area contributed by atoms with Gasteiger partial charge in [0.05, 0.1) is 0 Å². The normalized spacial score (nSPS) is 11.0. The first kappa shape index (κ1) is 10.1. The van der Waals surface area contributed by atoms with Gasteiger partial charge in [-0.2, -0.15) is 11.8 Å². The maximum absolute atomic E-state index is 3.79. The summed E-state index contributed by atoms with van der Waals surface area (Å²) in [7, 11) is 0. The first-order valence-corrected chi connectivity index (χ1v) is 5.24. The minimum absolute atomic E-state index is 1.08. The Labute approximate surface area is 69.1 Å². The predicted octanol–water partition coefficient (Wildman–Crippen LogP) is 3.30. The molecule has 0 unspecified atom stereocenters. The zero-order chi connectivity index (χ0) is 7.66. The number of hydrogen-bond donors (Lipinski definition) is 0. The topological polar surface area (TPSA) is 0 Å². The number of thioether (sulfide) groups is 1. The van der Waals surface area contributed by atoms with Crippen LogP contribution in [-0.2, 0) is 0 Å². The van der Waals surface area contributed by atoms with Crippen molar-refractivity contribution in [2.24, 2.45) is 0 Å². The Morgan fingerprint density at radius 1 is 1.30 bits per heavy atom. The molecule has 59 valence electrons. The van der Waals surface area contributed by atoms with Crippen LogP contribution in [0.5, 0.6) is 0 Å². The molecule has 0 heterocycles. The summed E-state index contributed by atoms with van der Waals surface area (Å²) in [5, 5.41) is 0. The fraction of sp³-hybridized carbons (Fsp3) is 0.667.